The van der Waals surface area contributed by atoms with Crippen molar-refractivity contribution in [3.63, 3.8) is 0 Å². The van der Waals surface area contributed by atoms with E-state index in [1.807, 2.05) is 6.92 Å². The molecule has 1 aromatic rings. The van der Waals surface area contributed by atoms with E-state index in [1.54, 1.807) is 4.90 Å². The van der Waals surface area contributed by atoms with Crippen LogP contribution in [0.5, 0.6) is 0 Å². The highest BCUT2D eigenvalue weighted by Gasteiger charge is 2.26. The lowest BCUT2D eigenvalue weighted by Crippen LogP contribution is -2.45. The number of benzene rings is 1. The van der Waals surface area contributed by atoms with Crippen molar-refractivity contribution in [3.8, 4) is 0 Å². The highest BCUT2D eigenvalue weighted by atomic mass is 35.5. The maximum Gasteiger partial charge on any atom is 0.340 e. The zero-order chi connectivity index (χ0) is 19.3. The number of nitrogens with one attached hydrogen (secondary N) is 1. The van der Waals surface area contributed by atoms with Gasteiger partial charge < -0.3 is 9.64 Å². The van der Waals surface area contributed by atoms with E-state index < -0.39 is 22.6 Å². The largest absolute Gasteiger partial charge is 0.452 e. The summed E-state index contributed by atoms with van der Waals surface area (Å²) in [4.78, 5) is 26.3. The molecular formula is C17H23ClN2O5S. The highest BCUT2D eigenvalue weighted by Crippen LogP contribution is 2.22. The molecule has 7 nitrogen and oxygen atoms in total. The Balaban J connectivity index is 2.08. The van der Waals surface area contributed by atoms with Crippen LogP contribution in [0.4, 0.5) is 0 Å². The standard InChI is InChI=1S/C17H23ClN2O5S/c1-3-12-6-4-5-9-20(12)16(21)11-25-17(22)14-10-13(7-8-15(14)18)26(23,24)19-2/h7-8,10,12,19H,3-6,9,11H2,1-2H3/t12-/m1/s1. The van der Waals surface area contributed by atoms with E-state index in [0.29, 0.717) is 6.54 Å². The zero-order valence-electron chi connectivity index (χ0n) is 14.8. The van der Waals surface area contributed by atoms with Crippen molar-refractivity contribution in [1.82, 2.24) is 9.62 Å². The quantitative estimate of drug-likeness (QED) is 0.736. The lowest BCUT2D eigenvalue weighted by molar-refractivity contribution is -0.138. The molecule has 1 aromatic carbocycles. The summed E-state index contributed by atoms with van der Waals surface area (Å²) in [5.74, 6) is -1.08. The fourth-order valence-electron chi connectivity index (χ4n) is 2.99. The van der Waals surface area contributed by atoms with E-state index in [2.05, 4.69) is 4.72 Å². The number of carbonyl (C=O) groups is 2. The number of hydrogen-bond donors (Lipinski definition) is 1. The fourth-order valence-corrected chi connectivity index (χ4v) is 3.94. The fraction of sp³-hybridized carbons (Fsp3) is 0.529. The summed E-state index contributed by atoms with van der Waals surface area (Å²) in [5.41, 5.74) is -0.0959. The number of carbonyl (C=O) groups excluding carboxylic acids is 2. The van der Waals surface area contributed by atoms with E-state index in [-0.39, 0.29) is 27.4 Å². The maximum atomic E-state index is 12.4. The van der Waals surface area contributed by atoms with Crippen LogP contribution in [0.2, 0.25) is 5.02 Å². The number of sulfonamides is 1. The van der Waals surface area contributed by atoms with E-state index in [4.69, 9.17) is 16.3 Å². The average molecular weight is 403 g/mol. The molecule has 1 aliphatic rings. The summed E-state index contributed by atoms with van der Waals surface area (Å²) >= 11 is 5.98. The summed E-state index contributed by atoms with van der Waals surface area (Å²) in [6.45, 7) is 2.29. The second-order valence-electron chi connectivity index (χ2n) is 6.07. The molecule has 0 unspecified atom stereocenters. The molecule has 1 heterocycles. The summed E-state index contributed by atoms with van der Waals surface area (Å²) < 4.78 is 31.0. The Bertz CT molecular complexity index is 781. The number of likely N-dealkylation sites (tertiary alicyclic amines) is 1. The Morgan fingerprint density at radius 1 is 1.35 bits per heavy atom. The van der Waals surface area contributed by atoms with E-state index in [9.17, 15) is 18.0 Å². The summed E-state index contributed by atoms with van der Waals surface area (Å²) in [6.07, 6.45) is 3.83. The number of rotatable bonds is 6. The first-order chi connectivity index (χ1) is 12.3. The summed E-state index contributed by atoms with van der Waals surface area (Å²) in [6, 6.07) is 3.90. The van der Waals surface area contributed by atoms with Crippen LogP contribution in [0.15, 0.2) is 23.1 Å². The molecule has 0 aromatic heterocycles. The van der Waals surface area contributed by atoms with Gasteiger partial charge in [0.25, 0.3) is 5.91 Å². The molecule has 1 atom stereocenters. The Kier molecular flexibility index (Phi) is 7.02. The third-order valence-electron chi connectivity index (χ3n) is 4.48. The van der Waals surface area contributed by atoms with Gasteiger partial charge >= 0.3 is 5.97 Å². The Hall–Kier alpha value is -1.64. The van der Waals surface area contributed by atoms with Crippen LogP contribution in [0.25, 0.3) is 0 Å². The van der Waals surface area contributed by atoms with Crippen LogP contribution < -0.4 is 4.72 Å². The molecule has 0 spiro atoms. The monoisotopic (exact) mass is 402 g/mol. The molecule has 1 aliphatic heterocycles. The van der Waals surface area contributed by atoms with Gasteiger partial charge in [0.1, 0.15) is 0 Å². The van der Waals surface area contributed by atoms with Gasteiger partial charge in [0.05, 0.1) is 15.5 Å². The van der Waals surface area contributed by atoms with Crippen LogP contribution in [-0.2, 0) is 19.6 Å². The SMILES string of the molecule is CC[C@@H]1CCCCN1C(=O)COC(=O)c1cc(S(=O)(=O)NC)ccc1Cl. The van der Waals surface area contributed by atoms with Gasteiger partial charge in [0.2, 0.25) is 10.0 Å². The third-order valence-corrected chi connectivity index (χ3v) is 6.22. The van der Waals surface area contributed by atoms with E-state index in [1.165, 1.54) is 19.2 Å². The van der Waals surface area contributed by atoms with Crippen LogP contribution in [0, 0.1) is 0 Å². The second-order valence-corrected chi connectivity index (χ2v) is 8.36. The number of esters is 1. The Morgan fingerprint density at radius 3 is 2.73 bits per heavy atom. The minimum Gasteiger partial charge on any atom is -0.452 e. The number of amides is 1. The van der Waals surface area contributed by atoms with Gasteiger partial charge in [-0.3, -0.25) is 4.79 Å². The minimum atomic E-state index is -3.72. The summed E-state index contributed by atoms with van der Waals surface area (Å²) in [7, 11) is -2.45. The van der Waals surface area contributed by atoms with Crippen molar-refractivity contribution in [3.05, 3.63) is 28.8 Å². The van der Waals surface area contributed by atoms with Gasteiger partial charge in [0, 0.05) is 12.6 Å². The minimum absolute atomic E-state index is 0.0573. The molecule has 0 saturated carbocycles. The summed E-state index contributed by atoms with van der Waals surface area (Å²) in [5, 5.41) is 0.0573. The first-order valence-corrected chi connectivity index (χ1v) is 10.4. The van der Waals surface area contributed by atoms with Crippen LogP contribution >= 0.6 is 11.6 Å². The molecule has 1 fully saturated rings. The van der Waals surface area contributed by atoms with Crippen molar-refractivity contribution >= 4 is 33.5 Å². The molecule has 144 valence electrons. The average Bonchev–Trinajstić information content (AvgIpc) is 2.65. The first-order valence-electron chi connectivity index (χ1n) is 8.49. The second kappa shape index (κ2) is 8.83. The molecule has 0 aliphatic carbocycles. The molecule has 2 rings (SSSR count). The van der Waals surface area contributed by atoms with Crippen LogP contribution in [0.3, 0.4) is 0 Å². The van der Waals surface area contributed by atoms with Crippen molar-refractivity contribution in [2.75, 3.05) is 20.2 Å². The number of hydrogen-bond acceptors (Lipinski definition) is 5. The zero-order valence-corrected chi connectivity index (χ0v) is 16.4. The molecule has 0 bridgehead atoms. The third kappa shape index (κ3) is 4.75. The van der Waals surface area contributed by atoms with Crippen molar-refractivity contribution in [2.24, 2.45) is 0 Å². The molecular weight excluding hydrogens is 380 g/mol. The molecule has 26 heavy (non-hydrogen) atoms. The molecule has 9 heteroatoms. The maximum absolute atomic E-state index is 12.4. The lowest BCUT2D eigenvalue weighted by atomic mass is 10.00. The van der Waals surface area contributed by atoms with Gasteiger partial charge in [-0.05, 0) is 50.9 Å². The van der Waals surface area contributed by atoms with Crippen LogP contribution in [-0.4, -0.2) is 51.4 Å². The number of piperidine rings is 1. The van der Waals surface area contributed by atoms with Gasteiger partial charge in [-0.25, -0.2) is 17.9 Å². The smallest absolute Gasteiger partial charge is 0.340 e. The van der Waals surface area contributed by atoms with Gasteiger partial charge in [-0.1, -0.05) is 18.5 Å². The topological polar surface area (TPSA) is 92.8 Å². The Labute approximate surface area is 158 Å². The predicted octanol–water partition coefficient (Wildman–Crippen LogP) is 2.20. The molecule has 1 saturated heterocycles. The number of ether oxygens (including phenoxy) is 1. The normalized spacial score (nSPS) is 17.8. The molecule has 1 N–H and O–H groups in total. The Morgan fingerprint density at radius 2 is 2.08 bits per heavy atom. The van der Waals surface area contributed by atoms with E-state index >= 15 is 0 Å². The number of nitrogens with zero attached hydrogens (tertiary/aromatic N) is 1. The van der Waals surface area contributed by atoms with E-state index in [0.717, 1.165) is 31.7 Å². The van der Waals surface area contributed by atoms with Gasteiger partial charge in [0.15, 0.2) is 6.61 Å². The van der Waals surface area contributed by atoms with Crippen molar-refractivity contribution in [1.29, 1.82) is 0 Å². The van der Waals surface area contributed by atoms with Crippen molar-refractivity contribution < 1.29 is 22.7 Å². The van der Waals surface area contributed by atoms with Crippen molar-refractivity contribution in [2.45, 2.75) is 43.5 Å². The van der Waals surface area contributed by atoms with Gasteiger partial charge in [-0.15, -0.1) is 0 Å². The molecule has 0 radical (unpaired) electrons. The molecule has 1 amide bonds. The lowest BCUT2D eigenvalue weighted by Gasteiger charge is -2.35. The predicted molar refractivity (Wildman–Crippen MR) is 97.6 cm³/mol. The van der Waals surface area contributed by atoms with Gasteiger partial charge in [-0.2, -0.15) is 0 Å². The highest BCUT2D eigenvalue weighted by molar-refractivity contribution is 7.89. The van der Waals surface area contributed by atoms with Crippen LogP contribution in [0.1, 0.15) is 43.0 Å². The first kappa shape index (κ1) is 20.7. The number of halogens is 1.